The van der Waals surface area contributed by atoms with E-state index in [1.165, 1.54) is 16.7 Å². The first-order chi connectivity index (χ1) is 13.4. The van der Waals surface area contributed by atoms with Gasteiger partial charge in [-0.05, 0) is 56.4 Å². The third kappa shape index (κ3) is 2.39. The molecule has 0 N–H and O–H groups in total. The average molecular weight is 374 g/mol. The van der Waals surface area contributed by atoms with E-state index < -0.39 is 5.92 Å². The number of carbonyl (C=O) groups excluding carboxylic acids is 2. The highest BCUT2D eigenvalue weighted by Gasteiger charge is 2.66. The first-order valence-electron chi connectivity index (χ1n) is 10.2. The Hall–Kier alpha value is -2.26. The van der Waals surface area contributed by atoms with Crippen molar-refractivity contribution < 1.29 is 14.3 Å². The summed E-state index contributed by atoms with van der Waals surface area (Å²) in [5.74, 6) is -0.789. The second-order valence-corrected chi connectivity index (χ2v) is 9.00. The predicted octanol–water partition coefficient (Wildman–Crippen LogP) is 4.34. The molecular formula is C25H26O3. The van der Waals surface area contributed by atoms with Gasteiger partial charge in [-0.2, -0.15) is 0 Å². The normalized spacial score (nSPS) is 33.6. The summed E-state index contributed by atoms with van der Waals surface area (Å²) in [7, 11) is 0. The second-order valence-electron chi connectivity index (χ2n) is 9.00. The van der Waals surface area contributed by atoms with Crippen LogP contribution in [0.25, 0.3) is 0 Å². The molecule has 0 aromatic heterocycles. The average Bonchev–Trinajstić information content (AvgIpc) is 3.28. The van der Waals surface area contributed by atoms with Crippen LogP contribution in [0.5, 0.6) is 0 Å². The van der Waals surface area contributed by atoms with Gasteiger partial charge in [0.05, 0.1) is 24.0 Å². The maximum Gasteiger partial charge on any atom is 0.154 e. The number of rotatable bonds is 2. The van der Waals surface area contributed by atoms with Crippen LogP contribution in [0.2, 0.25) is 0 Å². The number of Topliss-reactive ketones (excluding diaryl/α,β-unsaturated/α-hetero) is 2. The van der Waals surface area contributed by atoms with Gasteiger partial charge in [0.15, 0.2) is 11.6 Å². The van der Waals surface area contributed by atoms with Crippen molar-refractivity contribution in [2.24, 2.45) is 11.8 Å². The highest BCUT2D eigenvalue weighted by molar-refractivity contribution is 6.17. The van der Waals surface area contributed by atoms with Crippen LogP contribution in [0, 0.1) is 39.5 Å². The van der Waals surface area contributed by atoms with Crippen LogP contribution in [0.4, 0.5) is 0 Å². The molecule has 1 saturated carbocycles. The molecule has 3 fully saturated rings. The minimum Gasteiger partial charge on any atom is -0.373 e. The van der Waals surface area contributed by atoms with Crippen LogP contribution in [0.1, 0.15) is 51.6 Å². The van der Waals surface area contributed by atoms with Crippen molar-refractivity contribution >= 4 is 11.6 Å². The third-order valence-corrected chi connectivity index (χ3v) is 7.08. The summed E-state index contributed by atoms with van der Waals surface area (Å²) in [6, 6.07) is 12.6. The minimum absolute atomic E-state index is 0.0786. The Kier molecular flexibility index (Phi) is 3.89. The molecule has 28 heavy (non-hydrogen) atoms. The van der Waals surface area contributed by atoms with Crippen molar-refractivity contribution in [2.75, 3.05) is 0 Å². The van der Waals surface area contributed by atoms with Gasteiger partial charge in [-0.3, -0.25) is 9.59 Å². The molecule has 144 valence electrons. The maximum absolute atomic E-state index is 13.5. The number of carbonyl (C=O) groups is 2. The van der Waals surface area contributed by atoms with Crippen LogP contribution in [0.3, 0.4) is 0 Å². The summed E-state index contributed by atoms with van der Waals surface area (Å²) in [5, 5.41) is 0. The molecule has 0 amide bonds. The maximum atomic E-state index is 13.5. The lowest BCUT2D eigenvalue weighted by atomic mass is 9.73. The molecule has 0 spiro atoms. The zero-order chi connectivity index (χ0) is 19.7. The van der Waals surface area contributed by atoms with Gasteiger partial charge < -0.3 is 4.74 Å². The third-order valence-electron chi connectivity index (χ3n) is 7.08. The van der Waals surface area contributed by atoms with E-state index in [0.29, 0.717) is 0 Å². The molecule has 1 aliphatic carbocycles. The van der Waals surface area contributed by atoms with Crippen molar-refractivity contribution in [1.82, 2.24) is 0 Å². The van der Waals surface area contributed by atoms with E-state index in [1.807, 2.05) is 13.8 Å². The molecule has 2 aromatic rings. The Morgan fingerprint density at radius 2 is 1.54 bits per heavy atom. The van der Waals surface area contributed by atoms with E-state index >= 15 is 0 Å². The smallest absolute Gasteiger partial charge is 0.154 e. The van der Waals surface area contributed by atoms with E-state index in [2.05, 4.69) is 50.2 Å². The van der Waals surface area contributed by atoms with Gasteiger partial charge in [-0.25, -0.2) is 0 Å². The molecule has 2 heterocycles. The molecule has 5 rings (SSSR count). The Balaban J connectivity index is 1.52. The predicted molar refractivity (Wildman–Crippen MR) is 108 cm³/mol. The van der Waals surface area contributed by atoms with Crippen LogP contribution in [-0.2, 0) is 14.3 Å². The van der Waals surface area contributed by atoms with Gasteiger partial charge >= 0.3 is 0 Å². The topological polar surface area (TPSA) is 43.4 Å². The van der Waals surface area contributed by atoms with Crippen LogP contribution >= 0.6 is 0 Å². The number of fused-ring (bicyclic) bond motifs is 5. The van der Waals surface area contributed by atoms with Crippen LogP contribution < -0.4 is 0 Å². The zero-order valence-corrected chi connectivity index (χ0v) is 16.9. The largest absolute Gasteiger partial charge is 0.373 e. The molecule has 6 atom stereocenters. The summed E-state index contributed by atoms with van der Waals surface area (Å²) < 4.78 is 6.21. The first-order valence-corrected chi connectivity index (χ1v) is 10.2. The van der Waals surface area contributed by atoms with Crippen LogP contribution in [-0.4, -0.2) is 23.8 Å². The number of hydrogen-bond acceptors (Lipinski definition) is 3. The number of benzene rings is 2. The molecule has 2 aliphatic heterocycles. The van der Waals surface area contributed by atoms with Gasteiger partial charge in [-0.15, -0.1) is 0 Å². The monoisotopic (exact) mass is 374 g/mol. The number of ether oxygens (including phenoxy) is 1. The van der Waals surface area contributed by atoms with E-state index in [1.54, 1.807) is 0 Å². The van der Waals surface area contributed by atoms with Gasteiger partial charge in [0, 0.05) is 5.92 Å². The Morgan fingerprint density at radius 3 is 2.21 bits per heavy atom. The summed E-state index contributed by atoms with van der Waals surface area (Å²) in [6.07, 6.45) is 0.560. The van der Waals surface area contributed by atoms with E-state index in [4.69, 9.17) is 4.74 Å². The Bertz CT molecular complexity index is 982. The van der Waals surface area contributed by atoms with E-state index in [9.17, 15) is 9.59 Å². The van der Waals surface area contributed by atoms with Crippen molar-refractivity contribution in [3.05, 3.63) is 69.8 Å². The van der Waals surface area contributed by atoms with Gasteiger partial charge in [-0.1, -0.05) is 47.5 Å². The molecule has 2 saturated heterocycles. The molecule has 0 radical (unpaired) electrons. The zero-order valence-electron chi connectivity index (χ0n) is 16.9. The second kappa shape index (κ2) is 6.12. The summed E-state index contributed by atoms with van der Waals surface area (Å²) in [5.41, 5.74) is 6.65. The van der Waals surface area contributed by atoms with Crippen molar-refractivity contribution in [1.29, 1.82) is 0 Å². The fraction of sp³-hybridized carbons (Fsp3) is 0.440. The van der Waals surface area contributed by atoms with Gasteiger partial charge in [0.1, 0.15) is 5.92 Å². The Labute approximate surface area is 166 Å². The number of ketones is 2. The number of hydrogen-bond donors (Lipinski definition) is 0. The molecule has 2 aromatic carbocycles. The minimum atomic E-state index is -0.610. The lowest BCUT2D eigenvalue weighted by molar-refractivity contribution is -0.127. The molecule has 1 unspecified atom stereocenters. The number of aryl methyl sites for hydroxylation is 4. The summed E-state index contributed by atoms with van der Waals surface area (Å²) in [4.78, 5) is 26.9. The SMILES string of the molecule is Cc1cccc([C@@H]2C[C@@H]3O[C@H]2[C@H]2C(=O)C(c4c(C)cc(C)cc4C)C(=O)[C@H]23)c1. The van der Waals surface area contributed by atoms with Gasteiger partial charge in [0.25, 0.3) is 0 Å². The summed E-state index contributed by atoms with van der Waals surface area (Å²) >= 11 is 0. The standard InChI is InChI=1S/C25H26O3/c1-12-6-5-7-16(10-12)17-11-18-20-22(25(17)28-18)24(27)21(23(20)26)19-14(3)8-13(2)9-15(19)4/h5-10,17-18,20-22,25H,11H2,1-4H3/t17-,18-,20-,21?,22+,25+/m0/s1. The van der Waals surface area contributed by atoms with E-state index in [-0.39, 0.29) is 41.5 Å². The molecule has 3 nitrogen and oxygen atoms in total. The highest BCUT2D eigenvalue weighted by Crippen LogP contribution is 2.57. The highest BCUT2D eigenvalue weighted by atomic mass is 16.5. The lowest BCUT2D eigenvalue weighted by Crippen LogP contribution is -2.34. The quantitative estimate of drug-likeness (QED) is 0.735. The van der Waals surface area contributed by atoms with Crippen LogP contribution in [0.15, 0.2) is 36.4 Å². The van der Waals surface area contributed by atoms with Crippen molar-refractivity contribution in [3.63, 3.8) is 0 Å². The fourth-order valence-electron chi connectivity index (χ4n) is 6.12. The fourth-order valence-corrected chi connectivity index (χ4v) is 6.12. The molecule has 3 aliphatic rings. The summed E-state index contributed by atoms with van der Waals surface area (Å²) in [6.45, 7) is 8.18. The Morgan fingerprint density at radius 1 is 0.857 bits per heavy atom. The lowest BCUT2D eigenvalue weighted by Gasteiger charge is -2.26. The van der Waals surface area contributed by atoms with Crippen molar-refractivity contribution in [3.8, 4) is 0 Å². The van der Waals surface area contributed by atoms with Gasteiger partial charge in [0.2, 0.25) is 0 Å². The molecule has 3 heteroatoms. The molecule has 2 bridgehead atoms. The van der Waals surface area contributed by atoms with Crippen molar-refractivity contribution in [2.45, 2.75) is 58.2 Å². The molecular weight excluding hydrogens is 348 g/mol. The first kappa shape index (κ1) is 17.8. The van der Waals surface area contributed by atoms with E-state index in [0.717, 1.165) is 23.1 Å².